The Hall–Kier alpha value is -3.26. The van der Waals surface area contributed by atoms with Gasteiger partial charge in [-0.2, -0.15) is 0 Å². The van der Waals surface area contributed by atoms with Crippen molar-refractivity contribution in [3.63, 3.8) is 0 Å². The van der Waals surface area contributed by atoms with Crippen molar-refractivity contribution >= 4 is 22.6 Å². The largest absolute Gasteiger partial charge is 0.368 e. The first kappa shape index (κ1) is 18.7. The van der Waals surface area contributed by atoms with Gasteiger partial charge in [0.15, 0.2) is 17.3 Å². The van der Waals surface area contributed by atoms with E-state index in [0.29, 0.717) is 17.8 Å². The van der Waals surface area contributed by atoms with Crippen LogP contribution >= 0.6 is 0 Å². The van der Waals surface area contributed by atoms with E-state index in [9.17, 15) is 9.18 Å². The minimum absolute atomic E-state index is 0.209. The van der Waals surface area contributed by atoms with Crippen LogP contribution in [-0.4, -0.2) is 49.7 Å². The molecule has 0 amide bonds. The van der Waals surface area contributed by atoms with Gasteiger partial charge in [-0.3, -0.25) is 9.20 Å². The van der Waals surface area contributed by atoms with Gasteiger partial charge in [0.1, 0.15) is 0 Å². The van der Waals surface area contributed by atoms with Gasteiger partial charge in [-0.15, -0.1) is 0 Å². The van der Waals surface area contributed by atoms with E-state index in [-0.39, 0.29) is 22.8 Å². The minimum Gasteiger partial charge on any atom is -0.368 e. The van der Waals surface area contributed by atoms with Gasteiger partial charge in [0.25, 0.3) is 0 Å². The minimum atomic E-state index is -0.529. The van der Waals surface area contributed by atoms with Crippen LogP contribution in [0.2, 0.25) is 0 Å². The molecule has 1 aliphatic heterocycles. The Morgan fingerprint density at radius 2 is 1.97 bits per heavy atom. The fourth-order valence-electron chi connectivity index (χ4n) is 4.32. The van der Waals surface area contributed by atoms with Crippen LogP contribution < -0.4 is 10.2 Å². The number of carbonyl (C=O) groups excluding carboxylic acids is 1. The van der Waals surface area contributed by atoms with Crippen LogP contribution in [-0.2, 0) is 0 Å². The summed E-state index contributed by atoms with van der Waals surface area (Å²) in [6, 6.07) is 6.08. The van der Waals surface area contributed by atoms with Crippen molar-refractivity contribution < 1.29 is 9.18 Å². The second-order valence-electron chi connectivity index (χ2n) is 8.15. The summed E-state index contributed by atoms with van der Waals surface area (Å²) in [5.74, 6) is -0.604. The molecule has 8 heteroatoms. The van der Waals surface area contributed by atoms with Gasteiger partial charge in [-0.05, 0) is 39.0 Å². The Kier molecular flexibility index (Phi) is 4.32. The number of halogens is 1. The molecule has 1 N–H and O–H groups in total. The molecule has 4 aromatic rings. The van der Waals surface area contributed by atoms with E-state index in [4.69, 9.17) is 0 Å². The molecular formula is C22H23FN6O. The average Bonchev–Trinajstić information content (AvgIpc) is 3.29. The maximum Gasteiger partial charge on any atom is 0.230 e. The molecule has 0 aromatic carbocycles. The average molecular weight is 406 g/mol. The zero-order chi connectivity index (χ0) is 21.0. The van der Waals surface area contributed by atoms with Crippen LogP contribution in [0.15, 0.2) is 43.0 Å². The molecule has 30 heavy (non-hydrogen) atoms. The third kappa shape index (κ3) is 3.13. The number of hydrogen-bond donors (Lipinski definition) is 1. The molecule has 2 atom stereocenters. The first-order valence-electron chi connectivity index (χ1n) is 10.1. The highest BCUT2D eigenvalue weighted by molar-refractivity contribution is 6.07. The summed E-state index contributed by atoms with van der Waals surface area (Å²) < 4.78 is 17.7. The van der Waals surface area contributed by atoms with Crippen molar-refractivity contribution in [3.05, 3.63) is 65.9 Å². The van der Waals surface area contributed by atoms with Crippen LogP contribution in [0, 0.1) is 12.7 Å². The quantitative estimate of drug-likeness (QED) is 0.530. The molecule has 1 aliphatic rings. The number of fused-ring (bicyclic) bond motifs is 2. The van der Waals surface area contributed by atoms with E-state index in [1.807, 2.05) is 18.3 Å². The Labute approximate surface area is 173 Å². The number of ketones is 1. The van der Waals surface area contributed by atoms with Crippen LogP contribution in [0.1, 0.15) is 35.7 Å². The highest BCUT2D eigenvalue weighted by Gasteiger charge is 2.23. The number of aryl methyl sites for hydroxylation is 1. The molecule has 7 nitrogen and oxygen atoms in total. The summed E-state index contributed by atoms with van der Waals surface area (Å²) in [6.07, 6.45) is 6.83. The van der Waals surface area contributed by atoms with Crippen LogP contribution in [0.4, 0.5) is 10.1 Å². The first-order valence-corrected chi connectivity index (χ1v) is 10.1. The van der Waals surface area contributed by atoms with E-state index in [1.54, 1.807) is 34.3 Å². The molecule has 5 heterocycles. The highest BCUT2D eigenvalue weighted by Crippen LogP contribution is 2.22. The Morgan fingerprint density at radius 1 is 1.20 bits per heavy atom. The molecule has 1 fully saturated rings. The molecule has 5 rings (SSSR count). The zero-order valence-electron chi connectivity index (χ0n) is 17.1. The van der Waals surface area contributed by atoms with Gasteiger partial charge in [0, 0.05) is 55.0 Å². The number of nitrogens with zero attached hydrogens (tertiary/aromatic N) is 5. The predicted molar refractivity (Wildman–Crippen MR) is 113 cm³/mol. The Bertz CT molecular complexity index is 1270. The number of pyridine rings is 2. The van der Waals surface area contributed by atoms with Crippen molar-refractivity contribution in [2.75, 3.05) is 18.0 Å². The summed E-state index contributed by atoms with van der Waals surface area (Å²) in [5.41, 5.74) is 3.06. The van der Waals surface area contributed by atoms with Crippen molar-refractivity contribution in [1.82, 2.24) is 24.1 Å². The highest BCUT2D eigenvalue weighted by atomic mass is 19.1. The lowest BCUT2D eigenvalue weighted by atomic mass is 10.1. The van der Waals surface area contributed by atoms with Crippen molar-refractivity contribution in [1.29, 1.82) is 0 Å². The van der Waals surface area contributed by atoms with Gasteiger partial charge in [0.05, 0.1) is 17.4 Å². The van der Waals surface area contributed by atoms with Crippen LogP contribution in [0.25, 0.3) is 11.2 Å². The predicted octanol–water partition coefficient (Wildman–Crippen LogP) is 2.85. The lowest BCUT2D eigenvalue weighted by Gasteiger charge is -2.37. The summed E-state index contributed by atoms with van der Waals surface area (Å²) in [4.78, 5) is 23.9. The Balaban J connectivity index is 1.50. The van der Waals surface area contributed by atoms with Gasteiger partial charge >= 0.3 is 0 Å². The summed E-state index contributed by atoms with van der Waals surface area (Å²) in [5, 5.41) is 3.53. The molecule has 4 aromatic heterocycles. The summed E-state index contributed by atoms with van der Waals surface area (Å²) in [6.45, 7) is 7.98. The monoisotopic (exact) mass is 406 g/mol. The lowest BCUT2D eigenvalue weighted by Crippen LogP contribution is -2.54. The van der Waals surface area contributed by atoms with Crippen LogP contribution in [0.5, 0.6) is 0 Å². The SMILES string of the molecule is Cc1cn2cc(C(=O)c3ncc4cc(N5C[C@H](C)N[C@@H](C)C5)ccn34)cc(F)c2n1. The standard InChI is InChI=1S/C22H23FN6O/c1-13-9-27(10-14(2)25-13)17-4-5-29-18(7-17)8-24-22(29)20(30)16-6-19(23)21-26-15(3)11-28(21)12-16/h4-8,11-14,25H,9-10H2,1-3H3/t13-,14-/m0/s1. The number of hydrogen-bond acceptors (Lipinski definition) is 5. The third-order valence-electron chi connectivity index (χ3n) is 5.53. The number of aromatic nitrogens is 4. The molecule has 0 radical (unpaired) electrons. The third-order valence-corrected chi connectivity index (χ3v) is 5.53. The van der Waals surface area contributed by atoms with Crippen molar-refractivity contribution in [3.8, 4) is 0 Å². The van der Waals surface area contributed by atoms with Crippen molar-refractivity contribution in [2.45, 2.75) is 32.9 Å². The molecule has 0 aliphatic carbocycles. The summed E-state index contributed by atoms with van der Waals surface area (Å²) in [7, 11) is 0. The lowest BCUT2D eigenvalue weighted by molar-refractivity contribution is 0.102. The van der Waals surface area contributed by atoms with E-state index in [2.05, 4.69) is 34.0 Å². The second-order valence-corrected chi connectivity index (χ2v) is 8.15. The summed E-state index contributed by atoms with van der Waals surface area (Å²) >= 11 is 0. The van der Waals surface area contributed by atoms with E-state index in [1.165, 1.54) is 6.07 Å². The fourth-order valence-corrected chi connectivity index (χ4v) is 4.32. The topological polar surface area (TPSA) is 66.9 Å². The number of anilines is 1. The second kappa shape index (κ2) is 6.91. The van der Waals surface area contributed by atoms with Gasteiger partial charge in [0.2, 0.25) is 5.78 Å². The van der Waals surface area contributed by atoms with E-state index in [0.717, 1.165) is 24.3 Å². The smallest absolute Gasteiger partial charge is 0.230 e. The normalized spacial score (nSPS) is 19.7. The fraction of sp³-hybridized carbons (Fsp3) is 0.318. The van der Waals surface area contributed by atoms with Gasteiger partial charge in [-0.1, -0.05) is 0 Å². The van der Waals surface area contributed by atoms with E-state index >= 15 is 0 Å². The van der Waals surface area contributed by atoms with E-state index < -0.39 is 5.82 Å². The van der Waals surface area contributed by atoms with Crippen molar-refractivity contribution in [2.24, 2.45) is 0 Å². The Morgan fingerprint density at radius 3 is 2.73 bits per heavy atom. The number of imidazole rings is 2. The molecule has 0 spiro atoms. The molecule has 154 valence electrons. The maximum atomic E-state index is 14.4. The molecule has 0 saturated carbocycles. The molecule has 0 bridgehead atoms. The molecule has 1 saturated heterocycles. The van der Waals surface area contributed by atoms with Gasteiger partial charge < -0.3 is 14.6 Å². The molecule has 0 unspecified atom stereocenters. The van der Waals surface area contributed by atoms with Gasteiger partial charge in [-0.25, -0.2) is 14.4 Å². The number of nitrogens with one attached hydrogen (secondary N) is 1. The van der Waals surface area contributed by atoms with Crippen LogP contribution in [0.3, 0.4) is 0 Å². The molecular weight excluding hydrogens is 383 g/mol. The zero-order valence-corrected chi connectivity index (χ0v) is 17.1. The number of rotatable bonds is 3. The first-order chi connectivity index (χ1) is 14.4. The number of carbonyl (C=O) groups is 1. The maximum absolute atomic E-state index is 14.4. The number of piperazine rings is 1.